The van der Waals surface area contributed by atoms with Gasteiger partial charge in [-0.1, -0.05) is 66.7 Å². The van der Waals surface area contributed by atoms with Crippen molar-refractivity contribution in [2.75, 3.05) is 0 Å². The van der Waals surface area contributed by atoms with E-state index in [0.29, 0.717) is 40.2 Å². The first-order valence-corrected chi connectivity index (χ1v) is 14.1. The van der Waals surface area contributed by atoms with Crippen molar-refractivity contribution in [2.24, 2.45) is 0 Å². The van der Waals surface area contributed by atoms with Crippen LogP contribution in [0, 0.1) is 0 Å². The summed E-state index contributed by atoms with van der Waals surface area (Å²) in [6, 6.07) is 34.6. The lowest BCUT2D eigenvalue weighted by molar-refractivity contribution is -0.136. The molecule has 0 aliphatic carbocycles. The molecule has 0 fully saturated rings. The molecule has 6 aromatic rings. The lowest BCUT2D eigenvalue weighted by atomic mass is 9.92. The Hall–Kier alpha value is -5.63. The van der Waals surface area contributed by atoms with Crippen molar-refractivity contribution in [1.82, 2.24) is 4.98 Å². The Morgan fingerprint density at radius 2 is 1.44 bits per heavy atom. The van der Waals surface area contributed by atoms with Gasteiger partial charge < -0.3 is 14.6 Å². The van der Waals surface area contributed by atoms with Crippen molar-refractivity contribution in [1.29, 1.82) is 0 Å². The zero-order valence-corrected chi connectivity index (χ0v) is 23.8. The van der Waals surface area contributed by atoms with Crippen molar-refractivity contribution < 1.29 is 32.5 Å². The maximum Gasteiger partial charge on any atom is 0.418 e. The van der Waals surface area contributed by atoms with Crippen LogP contribution in [-0.2, 0) is 19.2 Å². The van der Waals surface area contributed by atoms with Gasteiger partial charge in [-0.25, -0.2) is 4.79 Å². The summed E-state index contributed by atoms with van der Waals surface area (Å²) in [7, 11) is 0. The number of aromatic carboxylic acids is 1. The van der Waals surface area contributed by atoms with Crippen LogP contribution in [0.4, 0.5) is 13.2 Å². The first-order chi connectivity index (χ1) is 21.7. The number of benzene rings is 5. The second-order valence-corrected chi connectivity index (χ2v) is 10.4. The number of fused-ring (bicyclic) bond motifs is 1. The zero-order chi connectivity index (χ0) is 31.4. The van der Waals surface area contributed by atoms with Gasteiger partial charge in [-0.2, -0.15) is 13.2 Å². The number of pyridine rings is 1. The lowest BCUT2D eigenvalue weighted by Gasteiger charge is -2.17. The van der Waals surface area contributed by atoms with Crippen LogP contribution in [-0.4, -0.2) is 16.1 Å². The molecule has 8 heteroatoms. The van der Waals surface area contributed by atoms with Gasteiger partial charge in [0.1, 0.15) is 23.9 Å². The molecule has 1 heterocycles. The fraction of sp³-hybridized carbons (Fsp3) is 0.0811. The predicted octanol–water partition coefficient (Wildman–Crippen LogP) is 9.58. The molecule has 0 spiro atoms. The number of halogens is 3. The molecule has 0 aliphatic heterocycles. The number of para-hydroxylation sites is 1. The van der Waals surface area contributed by atoms with Crippen LogP contribution < -0.4 is 9.47 Å². The topological polar surface area (TPSA) is 68.7 Å². The highest BCUT2D eigenvalue weighted by Crippen LogP contribution is 2.40. The van der Waals surface area contributed by atoms with Crippen LogP contribution in [0.15, 0.2) is 128 Å². The fourth-order valence-corrected chi connectivity index (χ4v) is 5.15. The molecular formula is C37H26F3NO4. The van der Waals surface area contributed by atoms with E-state index in [1.165, 1.54) is 24.4 Å². The molecule has 45 heavy (non-hydrogen) atoms. The average Bonchev–Trinajstić information content (AvgIpc) is 3.04. The molecule has 0 saturated heterocycles. The SMILES string of the molecule is O=C(O)c1ccc(COc2ccc(Oc3cccc(-c4c(Cc5ccccc5)cnc5c(C(F)(F)F)cccc45)c3)cc2)cc1. The van der Waals surface area contributed by atoms with Gasteiger partial charge in [0.15, 0.2) is 0 Å². The lowest BCUT2D eigenvalue weighted by Crippen LogP contribution is -2.07. The van der Waals surface area contributed by atoms with Crippen LogP contribution in [0.25, 0.3) is 22.0 Å². The first-order valence-electron chi connectivity index (χ1n) is 14.1. The van der Waals surface area contributed by atoms with E-state index < -0.39 is 17.7 Å². The van der Waals surface area contributed by atoms with Crippen molar-refractivity contribution in [3.63, 3.8) is 0 Å². The predicted molar refractivity (Wildman–Crippen MR) is 166 cm³/mol. The van der Waals surface area contributed by atoms with Crippen LogP contribution in [0.1, 0.15) is 32.6 Å². The second-order valence-electron chi connectivity index (χ2n) is 10.4. The van der Waals surface area contributed by atoms with Gasteiger partial charge in [-0.05, 0) is 88.8 Å². The summed E-state index contributed by atoms with van der Waals surface area (Å²) in [5.74, 6) is 0.685. The van der Waals surface area contributed by atoms with Gasteiger partial charge in [0.05, 0.1) is 16.6 Å². The van der Waals surface area contributed by atoms with Gasteiger partial charge in [-0.3, -0.25) is 4.98 Å². The molecule has 0 atom stereocenters. The fourth-order valence-electron chi connectivity index (χ4n) is 5.15. The number of ether oxygens (including phenoxy) is 2. The molecule has 6 rings (SSSR count). The first kappa shape index (κ1) is 29.4. The maximum absolute atomic E-state index is 13.9. The van der Waals surface area contributed by atoms with Crippen molar-refractivity contribution >= 4 is 16.9 Å². The number of carboxylic acid groups (broad SMARTS) is 1. The Balaban J connectivity index is 1.27. The minimum atomic E-state index is -4.55. The van der Waals surface area contributed by atoms with E-state index in [-0.39, 0.29) is 17.7 Å². The maximum atomic E-state index is 13.9. The number of aromatic nitrogens is 1. The Morgan fingerprint density at radius 3 is 2.16 bits per heavy atom. The zero-order valence-electron chi connectivity index (χ0n) is 23.8. The number of nitrogens with zero attached hydrogens (tertiary/aromatic N) is 1. The van der Waals surface area contributed by atoms with Gasteiger partial charge >= 0.3 is 12.1 Å². The normalized spacial score (nSPS) is 11.4. The van der Waals surface area contributed by atoms with E-state index in [1.54, 1.807) is 48.5 Å². The third-order valence-corrected chi connectivity index (χ3v) is 7.31. The van der Waals surface area contributed by atoms with Crippen LogP contribution in [0.3, 0.4) is 0 Å². The Morgan fingerprint density at radius 1 is 0.733 bits per heavy atom. The molecule has 5 nitrogen and oxygen atoms in total. The van der Waals surface area contributed by atoms with Crippen molar-refractivity contribution in [2.45, 2.75) is 19.2 Å². The van der Waals surface area contributed by atoms with Gasteiger partial charge in [0, 0.05) is 11.6 Å². The molecule has 0 bridgehead atoms. The summed E-state index contributed by atoms with van der Waals surface area (Å²) in [5.41, 5.74) is 3.34. The Kier molecular flexibility index (Phi) is 8.20. The van der Waals surface area contributed by atoms with E-state index in [1.807, 2.05) is 48.5 Å². The number of hydrogen-bond donors (Lipinski definition) is 1. The number of carboxylic acids is 1. The third-order valence-electron chi connectivity index (χ3n) is 7.31. The van der Waals surface area contributed by atoms with Crippen LogP contribution in [0.2, 0.25) is 0 Å². The van der Waals surface area contributed by atoms with Gasteiger partial charge in [0.2, 0.25) is 0 Å². The molecular weight excluding hydrogens is 579 g/mol. The highest BCUT2D eigenvalue weighted by molar-refractivity contribution is 5.98. The third kappa shape index (κ3) is 6.80. The molecule has 224 valence electrons. The van der Waals surface area contributed by atoms with E-state index in [2.05, 4.69) is 4.98 Å². The summed E-state index contributed by atoms with van der Waals surface area (Å²) in [6.07, 6.45) is -2.52. The molecule has 1 aromatic heterocycles. The standard InChI is InChI=1S/C37H26F3NO4/c38-37(39,40)33-11-5-10-32-34(28(22-41-35(32)33)20-24-6-2-1-3-7-24)27-8-4-9-31(21-27)45-30-18-16-29(17-19-30)44-23-25-12-14-26(15-13-25)36(42)43/h1-19,21-22H,20,23H2,(H,42,43). The van der Waals surface area contributed by atoms with E-state index in [9.17, 15) is 18.0 Å². The molecule has 0 amide bonds. The number of alkyl halides is 3. The molecule has 0 saturated carbocycles. The smallest absolute Gasteiger partial charge is 0.418 e. The van der Waals surface area contributed by atoms with Crippen molar-refractivity contribution in [3.05, 3.63) is 155 Å². The largest absolute Gasteiger partial charge is 0.489 e. The Labute approximate surface area is 257 Å². The van der Waals surface area contributed by atoms with E-state index in [0.717, 1.165) is 22.8 Å². The minimum Gasteiger partial charge on any atom is -0.489 e. The average molecular weight is 606 g/mol. The highest BCUT2D eigenvalue weighted by atomic mass is 19.4. The molecule has 1 N–H and O–H groups in total. The monoisotopic (exact) mass is 605 g/mol. The van der Waals surface area contributed by atoms with Crippen molar-refractivity contribution in [3.8, 4) is 28.4 Å². The number of rotatable bonds is 9. The quantitative estimate of drug-likeness (QED) is 0.178. The summed E-state index contributed by atoms with van der Waals surface area (Å²) in [4.78, 5) is 15.3. The summed E-state index contributed by atoms with van der Waals surface area (Å²) in [6.45, 7) is 0.267. The Bertz CT molecular complexity index is 1960. The number of carbonyl (C=O) groups is 1. The minimum absolute atomic E-state index is 0.100. The van der Waals surface area contributed by atoms with Crippen LogP contribution in [0.5, 0.6) is 17.2 Å². The highest BCUT2D eigenvalue weighted by Gasteiger charge is 2.33. The summed E-state index contributed by atoms with van der Waals surface area (Å²) >= 11 is 0. The van der Waals surface area contributed by atoms with Crippen LogP contribution >= 0.6 is 0 Å². The number of hydrogen-bond acceptors (Lipinski definition) is 4. The summed E-state index contributed by atoms with van der Waals surface area (Å²) < 4.78 is 53.7. The molecule has 5 aromatic carbocycles. The summed E-state index contributed by atoms with van der Waals surface area (Å²) in [5, 5.41) is 9.46. The van der Waals surface area contributed by atoms with Gasteiger partial charge in [0.25, 0.3) is 0 Å². The second kappa shape index (κ2) is 12.5. The van der Waals surface area contributed by atoms with Gasteiger partial charge in [-0.15, -0.1) is 0 Å². The molecule has 0 unspecified atom stereocenters. The molecule has 0 radical (unpaired) electrons. The van der Waals surface area contributed by atoms with E-state index >= 15 is 0 Å². The van der Waals surface area contributed by atoms with E-state index in [4.69, 9.17) is 14.6 Å². The molecule has 0 aliphatic rings.